The van der Waals surface area contributed by atoms with Gasteiger partial charge in [0.2, 0.25) is 5.95 Å². The Balaban J connectivity index is 1.55. The van der Waals surface area contributed by atoms with Crippen LogP contribution < -0.4 is 10.6 Å². The summed E-state index contributed by atoms with van der Waals surface area (Å²) in [7, 11) is -3.85. The van der Waals surface area contributed by atoms with Crippen molar-refractivity contribution < 1.29 is 13.5 Å². The first-order valence-electron chi connectivity index (χ1n) is 13.1. The molecule has 0 spiro atoms. The van der Waals surface area contributed by atoms with E-state index in [2.05, 4.69) is 9.88 Å². The molecule has 3 N–H and O–H groups in total. The number of benzene rings is 2. The SMILES string of the molecule is Cc1ccc(S(=O)(=O)n2ccc3c2ncc2c(-c4ccc(C(C)(C)O)cc4)nc(N4CCC(CN)C4)n23)cc1. The summed E-state index contributed by atoms with van der Waals surface area (Å²) in [5, 5.41) is 10.4. The Labute approximate surface area is 227 Å². The first kappa shape index (κ1) is 25.5. The number of hydrogen-bond acceptors (Lipinski definition) is 7. The Hall–Kier alpha value is -3.73. The molecule has 0 radical (unpaired) electrons. The van der Waals surface area contributed by atoms with Gasteiger partial charge < -0.3 is 15.7 Å². The number of hydrogen-bond donors (Lipinski definition) is 2. The molecule has 3 aromatic heterocycles. The molecule has 39 heavy (non-hydrogen) atoms. The second-order valence-electron chi connectivity index (χ2n) is 10.9. The maximum Gasteiger partial charge on any atom is 0.269 e. The summed E-state index contributed by atoms with van der Waals surface area (Å²) in [5.41, 5.74) is 10.2. The summed E-state index contributed by atoms with van der Waals surface area (Å²) < 4.78 is 30.4. The van der Waals surface area contributed by atoms with E-state index in [1.165, 1.54) is 3.97 Å². The zero-order valence-electron chi connectivity index (χ0n) is 22.2. The molecular weight excluding hydrogens is 512 g/mol. The minimum absolute atomic E-state index is 0.205. The van der Waals surface area contributed by atoms with Crippen molar-refractivity contribution in [2.24, 2.45) is 11.7 Å². The van der Waals surface area contributed by atoms with E-state index in [9.17, 15) is 13.5 Å². The maximum absolute atomic E-state index is 13.6. The first-order chi connectivity index (χ1) is 18.6. The molecule has 10 heteroatoms. The average Bonchev–Trinajstić information content (AvgIpc) is 3.64. The van der Waals surface area contributed by atoms with E-state index in [1.807, 2.05) is 35.6 Å². The van der Waals surface area contributed by atoms with E-state index in [1.54, 1.807) is 56.6 Å². The lowest BCUT2D eigenvalue weighted by molar-refractivity contribution is 0.0786. The van der Waals surface area contributed by atoms with E-state index in [-0.39, 0.29) is 4.90 Å². The zero-order valence-corrected chi connectivity index (χ0v) is 23.1. The number of fused-ring (bicyclic) bond motifs is 3. The van der Waals surface area contributed by atoms with E-state index in [0.29, 0.717) is 23.6 Å². The fraction of sp³-hybridized carbons (Fsp3) is 0.310. The van der Waals surface area contributed by atoms with Crippen molar-refractivity contribution >= 4 is 32.7 Å². The van der Waals surface area contributed by atoms with E-state index < -0.39 is 15.6 Å². The lowest BCUT2D eigenvalue weighted by Crippen LogP contribution is -2.24. The predicted molar refractivity (Wildman–Crippen MR) is 152 cm³/mol. The highest BCUT2D eigenvalue weighted by Crippen LogP contribution is 2.35. The van der Waals surface area contributed by atoms with Crippen molar-refractivity contribution in [2.45, 2.75) is 37.7 Å². The lowest BCUT2D eigenvalue weighted by Gasteiger charge is -2.17. The summed E-state index contributed by atoms with van der Waals surface area (Å²) >= 11 is 0. The van der Waals surface area contributed by atoms with Crippen molar-refractivity contribution in [1.82, 2.24) is 18.3 Å². The van der Waals surface area contributed by atoms with Gasteiger partial charge in [0.1, 0.15) is 0 Å². The molecule has 0 amide bonds. The van der Waals surface area contributed by atoms with Crippen molar-refractivity contribution in [3.05, 3.63) is 78.1 Å². The highest BCUT2D eigenvalue weighted by molar-refractivity contribution is 7.90. The van der Waals surface area contributed by atoms with Crippen molar-refractivity contribution in [2.75, 3.05) is 24.5 Å². The minimum Gasteiger partial charge on any atom is -0.386 e. The van der Waals surface area contributed by atoms with Crippen LogP contribution in [0.1, 0.15) is 31.4 Å². The van der Waals surface area contributed by atoms with Crippen LogP contribution in [0.25, 0.3) is 27.9 Å². The third-order valence-electron chi connectivity index (χ3n) is 7.60. The van der Waals surface area contributed by atoms with E-state index in [4.69, 9.17) is 10.7 Å². The van der Waals surface area contributed by atoms with Crippen LogP contribution in [0.15, 0.2) is 71.9 Å². The molecular formula is C29H32N6O3S. The predicted octanol–water partition coefficient (Wildman–Crippen LogP) is 3.91. The maximum atomic E-state index is 13.6. The van der Waals surface area contributed by atoms with Gasteiger partial charge >= 0.3 is 0 Å². The largest absolute Gasteiger partial charge is 0.386 e. The zero-order chi connectivity index (χ0) is 27.5. The second-order valence-corrected chi connectivity index (χ2v) is 12.7. The molecule has 1 atom stereocenters. The van der Waals surface area contributed by atoms with Crippen LogP contribution in [0.4, 0.5) is 5.95 Å². The topological polar surface area (TPSA) is 119 Å². The van der Waals surface area contributed by atoms with Crippen molar-refractivity contribution in [1.29, 1.82) is 0 Å². The number of anilines is 1. The molecule has 1 saturated heterocycles. The highest BCUT2D eigenvalue weighted by atomic mass is 32.2. The van der Waals surface area contributed by atoms with Crippen molar-refractivity contribution in [3.63, 3.8) is 0 Å². The van der Waals surface area contributed by atoms with Gasteiger partial charge in [-0.2, -0.15) is 0 Å². The quantitative estimate of drug-likeness (QED) is 0.333. The number of nitrogens with zero attached hydrogens (tertiary/aromatic N) is 5. The summed E-state index contributed by atoms with van der Waals surface area (Å²) in [6, 6.07) is 16.3. The third kappa shape index (κ3) is 4.28. The Kier molecular flexibility index (Phi) is 6.01. The second kappa shape index (κ2) is 9.18. The number of aryl methyl sites for hydroxylation is 1. The average molecular weight is 545 g/mol. The van der Waals surface area contributed by atoms with E-state index in [0.717, 1.165) is 53.4 Å². The smallest absolute Gasteiger partial charge is 0.269 e. The molecule has 1 fully saturated rings. The molecule has 0 bridgehead atoms. The van der Waals surface area contributed by atoms with Gasteiger partial charge in [0.05, 0.1) is 33.4 Å². The third-order valence-corrected chi connectivity index (χ3v) is 9.28. The molecule has 0 aliphatic carbocycles. The Morgan fingerprint density at radius 3 is 2.41 bits per heavy atom. The van der Waals surface area contributed by atoms with Crippen LogP contribution in [0, 0.1) is 12.8 Å². The molecule has 1 aliphatic heterocycles. The Morgan fingerprint density at radius 1 is 1.05 bits per heavy atom. The number of nitrogens with two attached hydrogens (primary N) is 1. The molecule has 2 aromatic carbocycles. The Morgan fingerprint density at radius 2 is 1.77 bits per heavy atom. The van der Waals surface area contributed by atoms with Gasteiger partial charge in [0.15, 0.2) is 5.65 Å². The van der Waals surface area contributed by atoms with Crippen LogP contribution in [-0.4, -0.2) is 51.5 Å². The van der Waals surface area contributed by atoms with Gasteiger partial charge in [-0.15, -0.1) is 0 Å². The fourth-order valence-corrected chi connectivity index (χ4v) is 6.58. The van der Waals surface area contributed by atoms with Crippen LogP contribution in [0.2, 0.25) is 0 Å². The van der Waals surface area contributed by atoms with E-state index >= 15 is 0 Å². The number of aliphatic hydroxyl groups is 1. The van der Waals surface area contributed by atoms with Gasteiger partial charge in [-0.3, -0.25) is 4.40 Å². The van der Waals surface area contributed by atoms with Crippen molar-refractivity contribution in [3.8, 4) is 11.3 Å². The number of rotatable bonds is 6. The molecule has 202 valence electrons. The molecule has 5 aromatic rings. The lowest BCUT2D eigenvalue weighted by atomic mass is 9.97. The monoisotopic (exact) mass is 544 g/mol. The molecule has 6 rings (SSSR count). The molecule has 1 unspecified atom stereocenters. The summed E-state index contributed by atoms with van der Waals surface area (Å²) in [5.74, 6) is 1.11. The highest BCUT2D eigenvalue weighted by Gasteiger charge is 2.29. The molecule has 9 nitrogen and oxygen atoms in total. The van der Waals surface area contributed by atoms with Crippen LogP contribution >= 0.6 is 0 Å². The van der Waals surface area contributed by atoms with Gasteiger partial charge in [-0.05, 0) is 63.4 Å². The number of imidazole rings is 1. The Bertz CT molecular complexity index is 1780. The number of aromatic nitrogens is 4. The summed E-state index contributed by atoms with van der Waals surface area (Å²) in [6.45, 7) is 7.62. The van der Waals surface area contributed by atoms with Gasteiger partial charge in [0, 0.05) is 24.8 Å². The van der Waals surface area contributed by atoms with Gasteiger partial charge in [-0.1, -0.05) is 42.0 Å². The van der Waals surface area contributed by atoms with Crippen LogP contribution in [-0.2, 0) is 15.6 Å². The summed E-state index contributed by atoms with van der Waals surface area (Å²) in [4.78, 5) is 12.1. The summed E-state index contributed by atoms with van der Waals surface area (Å²) in [6.07, 6.45) is 4.22. The van der Waals surface area contributed by atoms with Crippen LogP contribution in [0.3, 0.4) is 0 Å². The first-order valence-corrected chi connectivity index (χ1v) is 14.5. The minimum atomic E-state index is -3.85. The normalized spacial score (nSPS) is 16.5. The molecule has 1 aliphatic rings. The standard InChI is InChI=1S/C29H32N6O3S/c1-19-4-10-23(11-5-19)39(37,38)34-15-13-24-27(34)31-17-25-26(21-6-8-22(9-7-21)29(2,3)36)32-28(35(24)25)33-14-12-20(16-30)18-33/h4-11,13,15,17,20,36H,12,14,16,18,30H2,1-3H3. The molecule has 4 heterocycles. The van der Waals surface area contributed by atoms with Gasteiger partial charge in [-0.25, -0.2) is 22.4 Å². The van der Waals surface area contributed by atoms with Crippen LogP contribution in [0.5, 0.6) is 0 Å². The van der Waals surface area contributed by atoms with Gasteiger partial charge in [0.25, 0.3) is 10.0 Å². The fourth-order valence-electron chi connectivity index (χ4n) is 5.28. The molecule has 0 saturated carbocycles.